The number of carbonyl (C=O) groups excluding carboxylic acids is 1. The molecule has 0 bridgehead atoms. The smallest absolute Gasteiger partial charge is 0.221 e. The molecule has 19 heavy (non-hydrogen) atoms. The lowest BCUT2D eigenvalue weighted by Crippen LogP contribution is -2.62. The Morgan fingerprint density at radius 2 is 1.74 bits per heavy atom. The van der Waals surface area contributed by atoms with Crippen molar-refractivity contribution in [1.82, 2.24) is 16.0 Å². The Hall–Kier alpha value is -0.610. The van der Waals surface area contributed by atoms with Gasteiger partial charge in [-0.25, -0.2) is 0 Å². The van der Waals surface area contributed by atoms with Gasteiger partial charge >= 0.3 is 0 Å². The molecule has 1 aliphatic rings. The van der Waals surface area contributed by atoms with Gasteiger partial charge in [0.1, 0.15) is 0 Å². The second-order valence-corrected chi connectivity index (χ2v) is 7.42. The van der Waals surface area contributed by atoms with Crippen LogP contribution in [0.4, 0.5) is 0 Å². The number of hydrogen-bond donors (Lipinski definition) is 3. The molecule has 0 saturated carbocycles. The quantitative estimate of drug-likeness (QED) is 0.713. The third-order valence-electron chi connectivity index (χ3n) is 3.46. The zero-order valence-electron chi connectivity index (χ0n) is 13.4. The van der Waals surface area contributed by atoms with Crippen molar-refractivity contribution in [3.8, 4) is 0 Å². The summed E-state index contributed by atoms with van der Waals surface area (Å²) in [6.45, 7) is 13.7. The Bertz CT molecular complexity index is 295. The second kappa shape index (κ2) is 6.23. The number of amides is 1. The molecule has 1 amide bonds. The molecular formula is C15H31N3O. The number of piperidine rings is 1. The minimum Gasteiger partial charge on any atom is -0.353 e. The Morgan fingerprint density at radius 3 is 2.21 bits per heavy atom. The van der Waals surface area contributed by atoms with E-state index in [2.05, 4.69) is 57.5 Å². The number of nitrogens with one attached hydrogen (secondary N) is 3. The first-order valence-corrected chi connectivity index (χ1v) is 7.42. The van der Waals surface area contributed by atoms with Crippen LogP contribution in [0.5, 0.6) is 0 Å². The van der Waals surface area contributed by atoms with E-state index in [4.69, 9.17) is 0 Å². The molecule has 0 spiro atoms. The second-order valence-electron chi connectivity index (χ2n) is 7.42. The fourth-order valence-electron chi connectivity index (χ4n) is 3.20. The van der Waals surface area contributed by atoms with E-state index in [0.29, 0.717) is 12.5 Å². The molecule has 0 aromatic carbocycles. The maximum atomic E-state index is 11.9. The van der Waals surface area contributed by atoms with Crippen LogP contribution in [0.15, 0.2) is 0 Å². The summed E-state index contributed by atoms with van der Waals surface area (Å²) in [6, 6.07) is 0.711. The summed E-state index contributed by atoms with van der Waals surface area (Å²) in [7, 11) is 0. The fraction of sp³-hybridized carbons (Fsp3) is 0.933. The predicted octanol–water partition coefficient (Wildman–Crippen LogP) is 1.80. The van der Waals surface area contributed by atoms with Gasteiger partial charge in [-0.2, -0.15) is 0 Å². The average Bonchev–Trinajstić information content (AvgIpc) is 2.10. The van der Waals surface area contributed by atoms with Crippen LogP contribution >= 0.6 is 0 Å². The van der Waals surface area contributed by atoms with E-state index in [9.17, 15) is 4.79 Å². The summed E-state index contributed by atoms with van der Waals surface area (Å²) in [5, 5.41) is 10.1. The van der Waals surface area contributed by atoms with Crippen LogP contribution in [0.1, 0.15) is 60.8 Å². The van der Waals surface area contributed by atoms with Gasteiger partial charge in [0.05, 0.1) is 0 Å². The summed E-state index contributed by atoms with van der Waals surface area (Å²) in [5.74, 6) is 0.159. The van der Waals surface area contributed by atoms with E-state index in [1.165, 1.54) is 0 Å². The van der Waals surface area contributed by atoms with Gasteiger partial charge in [-0.1, -0.05) is 13.8 Å². The lowest BCUT2D eigenvalue weighted by atomic mass is 9.79. The molecule has 1 saturated heterocycles. The number of carbonyl (C=O) groups is 1. The number of rotatable bonds is 5. The molecule has 4 nitrogen and oxygen atoms in total. The van der Waals surface area contributed by atoms with E-state index in [-0.39, 0.29) is 23.0 Å². The molecule has 0 aliphatic carbocycles. The van der Waals surface area contributed by atoms with Crippen LogP contribution in [-0.2, 0) is 4.79 Å². The third-order valence-corrected chi connectivity index (χ3v) is 3.46. The Balaban J connectivity index is 2.41. The molecule has 3 N–H and O–H groups in total. The van der Waals surface area contributed by atoms with Gasteiger partial charge in [-0.3, -0.25) is 4.79 Å². The topological polar surface area (TPSA) is 53.2 Å². The maximum absolute atomic E-state index is 11.9. The van der Waals surface area contributed by atoms with Gasteiger partial charge in [0.2, 0.25) is 5.91 Å². The van der Waals surface area contributed by atoms with Crippen LogP contribution < -0.4 is 16.0 Å². The average molecular weight is 269 g/mol. The molecular weight excluding hydrogens is 238 g/mol. The first-order chi connectivity index (χ1) is 8.60. The fourth-order valence-corrected chi connectivity index (χ4v) is 3.20. The Morgan fingerprint density at radius 1 is 1.21 bits per heavy atom. The molecule has 1 heterocycles. The van der Waals surface area contributed by atoms with Crippen LogP contribution in [0.25, 0.3) is 0 Å². The summed E-state index contributed by atoms with van der Waals surface area (Å²) >= 11 is 0. The Labute approximate surface area is 118 Å². The van der Waals surface area contributed by atoms with Crippen molar-refractivity contribution in [2.45, 2.75) is 84.0 Å². The summed E-state index contributed by atoms with van der Waals surface area (Å²) in [4.78, 5) is 11.9. The molecule has 1 aliphatic heterocycles. The first kappa shape index (κ1) is 16.4. The molecule has 1 rings (SSSR count). The Kier molecular flexibility index (Phi) is 5.39. The van der Waals surface area contributed by atoms with Crippen molar-refractivity contribution >= 4 is 5.91 Å². The van der Waals surface area contributed by atoms with Crippen LogP contribution in [0.3, 0.4) is 0 Å². The first-order valence-electron chi connectivity index (χ1n) is 7.42. The lowest BCUT2D eigenvalue weighted by molar-refractivity contribution is -0.122. The number of hydrogen-bond acceptors (Lipinski definition) is 3. The highest BCUT2D eigenvalue weighted by Gasteiger charge is 2.37. The highest BCUT2D eigenvalue weighted by molar-refractivity contribution is 5.76. The summed E-state index contributed by atoms with van der Waals surface area (Å²) in [6.07, 6.45) is 2.53. The van der Waals surface area contributed by atoms with Gasteiger partial charge in [0.15, 0.2) is 0 Å². The SMILES string of the molecule is CC(C)NCCC(=O)NC1CC(C)(C)NC(C)(C)C1. The van der Waals surface area contributed by atoms with Crippen molar-refractivity contribution < 1.29 is 4.79 Å². The molecule has 0 aromatic heterocycles. The maximum Gasteiger partial charge on any atom is 0.221 e. The molecule has 112 valence electrons. The molecule has 0 unspecified atom stereocenters. The zero-order valence-corrected chi connectivity index (χ0v) is 13.4. The molecule has 0 atom stereocenters. The molecule has 4 heteroatoms. The minimum absolute atomic E-state index is 0.0792. The normalized spacial score (nSPS) is 22.5. The van der Waals surface area contributed by atoms with Crippen molar-refractivity contribution in [3.05, 3.63) is 0 Å². The highest BCUT2D eigenvalue weighted by Crippen LogP contribution is 2.28. The van der Waals surface area contributed by atoms with Crippen molar-refractivity contribution in [1.29, 1.82) is 0 Å². The van der Waals surface area contributed by atoms with E-state index in [1.807, 2.05) is 0 Å². The van der Waals surface area contributed by atoms with Crippen molar-refractivity contribution in [2.24, 2.45) is 0 Å². The van der Waals surface area contributed by atoms with Crippen LogP contribution in [-0.4, -0.2) is 35.6 Å². The summed E-state index contributed by atoms with van der Waals surface area (Å²) < 4.78 is 0. The largest absolute Gasteiger partial charge is 0.353 e. The molecule has 1 fully saturated rings. The molecule has 0 aromatic rings. The molecule has 0 radical (unpaired) electrons. The lowest BCUT2D eigenvalue weighted by Gasteiger charge is -2.46. The van der Waals surface area contributed by atoms with Gasteiger partial charge in [-0.15, -0.1) is 0 Å². The van der Waals surface area contributed by atoms with Gasteiger partial charge in [0.25, 0.3) is 0 Å². The van der Waals surface area contributed by atoms with Crippen LogP contribution in [0, 0.1) is 0 Å². The van der Waals surface area contributed by atoms with Gasteiger partial charge in [0, 0.05) is 36.1 Å². The standard InChI is InChI=1S/C15H31N3O/c1-11(2)16-8-7-13(19)17-12-9-14(3,4)18-15(5,6)10-12/h11-12,16,18H,7-10H2,1-6H3,(H,17,19). The zero-order chi connectivity index (χ0) is 14.7. The van der Waals surface area contributed by atoms with E-state index >= 15 is 0 Å². The third kappa shape index (κ3) is 6.39. The van der Waals surface area contributed by atoms with E-state index in [1.54, 1.807) is 0 Å². The monoisotopic (exact) mass is 269 g/mol. The van der Waals surface area contributed by atoms with Gasteiger partial charge in [-0.05, 0) is 40.5 Å². The van der Waals surface area contributed by atoms with Crippen molar-refractivity contribution in [3.63, 3.8) is 0 Å². The van der Waals surface area contributed by atoms with Crippen molar-refractivity contribution in [2.75, 3.05) is 6.54 Å². The highest BCUT2D eigenvalue weighted by atomic mass is 16.1. The summed E-state index contributed by atoms with van der Waals surface area (Å²) in [5.41, 5.74) is 0.158. The van der Waals surface area contributed by atoms with E-state index in [0.717, 1.165) is 19.4 Å². The van der Waals surface area contributed by atoms with Crippen LogP contribution in [0.2, 0.25) is 0 Å². The van der Waals surface area contributed by atoms with E-state index < -0.39 is 0 Å². The predicted molar refractivity (Wildman–Crippen MR) is 80.2 cm³/mol. The van der Waals surface area contributed by atoms with Gasteiger partial charge < -0.3 is 16.0 Å². The minimum atomic E-state index is 0.0792.